The fourth-order valence-corrected chi connectivity index (χ4v) is 4.28. The van der Waals surface area contributed by atoms with Crippen LogP contribution >= 0.6 is 11.3 Å². The minimum absolute atomic E-state index is 0.242. The number of hydrogen-bond acceptors (Lipinski definition) is 6. The monoisotopic (exact) mass is 417 g/mol. The lowest BCUT2D eigenvalue weighted by molar-refractivity contribution is 0.0478. The van der Waals surface area contributed by atoms with Gasteiger partial charge in [0.1, 0.15) is 28.5 Å². The quantitative estimate of drug-likeness (QED) is 0.377. The van der Waals surface area contributed by atoms with Crippen molar-refractivity contribution in [3.8, 4) is 0 Å². The van der Waals surface area contributed by atoms with Crippen LogP contribution in [0.2, 0.25) is 0 Å². The number of esters is 1. The number of anilines is 2. The molecule has 0 aliphatic heterocycles. The summed E-state index contributed by atoms with van der Waals surface area (Å²) in [7, 11) is 0. The molecule has 2 aromatic carbocycles. The molecule has 0 fully saturated rings. The maximum atomic E-state index is 12.7. The number of aromatic nitrogens is 2. The lowest BCUT2D eigenvalue weighted by atomic mass is 10.0. The van der Waals surface area contributed by atoms with Gasteiger partial charge in [0.05, 0.1) is 5.39 Å². The zero-order valence-electron chi connectivity index (χ0n) is 17.2. The van der Waals surface area contributed by atoms with E-state index in [0.29, 0.717) is 16.6 Å². The number of ether oxygens (including phenoxy) is 1. The highest BCUT2D eigenvalue weighted by Crippen LogP contribution is 2.35. The molecule has 2 heterocycles. The van der Waals surface area contributed by atoms with E-state index in [2.05, 4.69) is 41.3 Å². The van der Waals surface area contributed by atoms with Crippen LogP contribution in [-0.2, 0) is 11.3 Å². The summed E-state index contributed by atoms with van der Waals surface area (Å²) in [5, 5.41) is 4.22. The number of rotatable bonds is 6. The van der Waals surface area contributed by atoms with Crippen molar-refractivity contribution in [1.82, 2.24) is 9.97 Å². The van der Waals surface area contributed by atoms with Gasteiger partial charge in [-0.15, -0.1) is 11.3 Å². The number of thiophene rings is 1. The van der Waals surface area contributed by atoms with Crippen molar-refractivity contribution in [3.63, 3.8) is 0 Å². The van der Waals surface area contributed by atoms with Crippen molar-refractivity contribution in [2.75, 3.05) is 5.32 Å². The number of carbonyl (C=O) groups excluding carboxylic acids is 1. The van der Waals surface area contributed by atoms with Crippen molar-refractivity contribution in [1.29, 1.82) is 0 Å². The van der Waals surface area contributed by atoms with Gasteiger partial charge >= 0.3 is 5.97 Å². The Balaban J connectivity index is 1.58. The van der Waals surface area contributed by atoms with Gasteiger partial charge in [-0.3, -0.25) is 0 Å². The van der Waals surface area contributed by atoms with Gasteiger partial charge in [-0.2, -0.15) is 0 Å². The smallest absolute Gasteiger partial charge is 0.349 e. The second-order valence-electron chi connectivity index (χ2n) is 7.42. The third kappa shape index (κ3) is 4.19. The number of fused-ring (bicyclic) bond motifs is 1. The molecule has 2 aromatic heterocycles. The molecule has 4 aromatic rings. The molecule has 30 heavy (non-hydrogen) atoms. The van der Waals surface area contributed by atoms with E-state index in [1.807, 2.05) is 49.4 Å². The lowest BCUT2D eigenvalue weighted by Crippen LogP contribution is -2.04. The maximum Gasteiger partial charge on any atom is 0.349 e. The Kier molecular flexibility index (Phi) is 5.77. The van der Waals surface area contributed by atoms with E-state index in [0.717, 1.165) is 27.0 Å². The summed E-state index contributed by atoms with van der Waals surface area (Å²) < 4.78 is 5.52. The first-order chi connectivity index (χ1) is 14.5. The molecule has 152 valence electrons. The second-order valence-corrected chi connectivity index (χ2v) is 8.42. The van der Waals surface area contributed by atoms with Gasteiger partial charge in [-0.1, -0.05) is 56.3 Å². The molecule has 0 amide bonds. The van der Waals surface area contributed by atoms with Crippen LogP contribution in [0.5, 0.6) is 0 Å². The summed E-state index contributed by atoms with van der Waals surface area (Å²) in [6.45, 7) is 6.49. The average molecular weight is 418 g/mol. The molecule has 0 spiro atoms. The van der Waals surface area contributed by atoms with Gasteiger partial charge < -0.3 is 10.1 Å². The molecule has 1 N–H and O–H groups in total. The molecule has 0 aliphatic rings. The molecule has 0 radical (unpaired) electrons. The maximum absolute atomic E-state index is 12.7. The van der Waals surface area contributed by atoms with Gasteiger partial charge in [0, 0.05) is 5.69 Å². The molecular weight excluding hydrogens is 394 g/mol. The van der Waals surface area contributed by atoms with E-state index in [1.54, 1.807) is 0 Å². The minimum atomic E-state index is -0.341. The molecule has 0 atom stereocenters. The van der Waals surface area contributed by atoms with Crippen LogP contribution in [0, 0.1) is 6.92 Å². The normalized spacial score (nSPS) is 11.1. The Morgan fingerprint density at radius 2 is 1.80 bits per heavy atom. The molecule has 0 saturated carbocycles. The number of benzene rings is 2. The highest BCUT2D eigenvalue weighted by atomic mass is 32.1. The van der Waals surface area contributed by atoms with E-state index in [9.17, 15) is 4.79 Å². The van der Waals surface area contributed by atoms with Crippen LogP contribution in [0.3, 0.4) is 0 Å². The Morgan fingerprint density at radius 1 is 1.07 bits per heavy atom. The van der Waals surface area contributed by atoms with E-state index >= 15 is 0 Å². The van der Waals surface area contributed by atoms with E-state index in [1.165, 1.54) is 23.2 Å². The summed E-state index contributed by atoms with van der Waals surface area (Å²) in [5.74, 6) is 0.827. The molecule has 0 saturated heterocycles. The predicted molar refractivity (Wildman–Crippen MR) is 122 cm³/mol. The Labute approximate surface area is 179 Å². The summed E-state index contributed by atoms with van der Waals surface area (Å²) in [6, 6.07) is 18.0. The fourth-order valence-electron chi connectivity index (χ4n) is 3.24. The first-order valence-corrected chi connectivity index (χ1v) is 10.7. The van der Waals surface area contributed by atoms with Crippen molar-refractivity contribution in [3.05, 3.63) is 82.5 Å². The second kappa shape index (κ2) is 8.63. The first-order valence-electron chi connectivity index (χ1n) is 9.85. The third-order valence-corrected chi connectivity index (χ3v) is 6.14. The standard InChI is InChI=1S/C24H23N3O2S/c1-15(2)18-9-11-19(12-10-18)27-22-20-16(3)21(30-23(20)26-14-25-22)24(28)29-13-17-7-5-4-6-8-17/h4-12,14-15H,13H2,1-3H3,(H,25,26,27). The minimum Gasteiger partial charge on any atom is -0.457 e. The first kappa shape index (κ1) is 20.0. The molecule has 0 unspecified atom stereocenters. The van der Waals surface area contributed by atoms with Crippen LogP contribution in [0.25, 0.3) is 10.2 Å². The molecule has 0 aliphatic carbocycles. The van der Waals surface area contributed by atoms with Crippen LogP contribution in [0.4, 0.5) is 11.5 Å². The number of aryl methyl sites for hydroxylation is 1. The van der Waals surface area contributed by atoms with Gasteiger partial charge in [0.15, 0.2) is 0 Å². The summed E-state index contributed by atoms with van der Waals surface area (Å²) >= 11 is 1.33. The number of nitrogens with one attached hydrogen (secondary N) is 1. The summed E-state index contributed by atoms with van der Waals surface area (Å²) in [5.41, 5.74) is 4.01. The van der Waals surface area contributed by atoms with Crippen molar-refractivity contribution < 1.29 is 9.53 Å². The highest BCUT2D eigenvalue weighted by molar-refractivity contribution is 7.20. The largest absolute Gasteiger partial charge is 0.457 e. The SMILES string of the molecule is Cc1c(C(=O)OCc2ccccc2)sc2ncnc(Nc3ccc(C(C)C)cc3)c12. The molecule has 0 bridgehead atoms. The topological polar surface area (TPSA) is 64.1 Å². The van der Waals surface area contributed by atoms with Crippen molar-refractivity contribution >= 4 is 39.0 Å². The fraction of sp³-hybridized carbons (Fsp3) is 0.208. The molecule has 6 heteroatoms. The molecular formula is C24H23N3O2S. The van der Waals surface area contributed by atoms with E-state index < -0.39 is 0 Å². The number of hydrogen-bond donors (Lipinski definition) is 1. The van der Waals surface area contributed by atoms with Gasteiger partial charge in [0.2, 0.25) is 0 Å². The molecule has 5 nitrogen and oxygen atoms in total. The lowest BCUT2D eigenvalue weighted by Gasteiger charge is -2.10. The Morgan fingerprint density at radius 3 is 2.50 bits per heavy atom. The molecule has 4 rings (SSSR count). The predicted octanol–water partition coefficient (Wildman–Crippen LogP) is 6.22. The summed E-state index contributed by atoms with van der Waals surface area (Å²) in [4.78, 5) is 22.8. The van der Waals surface area contributed by atoms with Gasteiger partial charge in [-0.25, -0.2) is 14.8 Å². The zero-order valence-corrected chi connectivity index (χ0v) is 18.0. The number of nitrogens with zero attached hydrogens (tertiary/aromatic N) is 2. The van der Waals surface area contributed by atoms with Crippen LogP contribution in [-0.4, -0.2) is 15.9 Å². The van der Waals surface area contributed by atoms with Crippen LogP contribution in [0.15, 0.2) is 60.9 Å². The highest BCUT2D eigenvalue weighted by Gasteiger charge is 2.20. The van der Waals surface area contributed by atoms with Crippen molar-refractivity contribution in [2.45, 2.75) is 33.3 Å². The Bertz CT molecular complexity index is 1170. The zero-order chi connectivity index (χ0) is 21.1. The third-order valence-electron chi connectivity index (χ3n) is 4.97. The average Bonchev–Trinajstić information content (AvgIpc) is 3.11. The van der Waals surface area contributed by atoms with Gasteiger partial charge in [-0.05, 0) is 41.7 Å². The van der Waals surface area contributed by atoms with Crippen LogP contribution < -0.4 is 5.32 Å². The van der Waals surface area contributed by atoms with Gasteiger partial charge in [0.25, 0.3) is 0 Å². The summed E-state index contributed by atoms with van der Waals surface area (Å²) in [6.07, 6.45) is 1.52. The van der Waals surface area contributed by atoms with E-state index in [-0.39, 0.29) is 12.6 Å². The van der Waals surface area contributed by atoms with Crippen LogP contribution in [0.1, 0.15) is 46.1 Å². The van der Waals surface area contributed by atoms with E-state index in [4.69, 9.17) is 4.74 Å². The Hall–Kier alpha value is -3.25. The number of carbonyl (C=O) groups is 1. The van der Waals surface area contributed by atoms with Crippen molar-refractivity contribution in [2.24, 2.45) is 0 Å².